The van der Waals surface area contributed by atoms with Crippen molar-refractivity contribution in [2.45, 2.75) is 72.1 Å². The Morgan fingerprint density at radius 1 is 1.26 bits per heavy atom. The summed E-state index contributed by atoms with van der Waals surface area (Å²) in [4.78, 5) is 0. The third-order valence-electron chi connectivity index (χ3n) is 4.29. The van der Waals surface area contributed by atoms with E-state index in [1.54, 1.807) is 7.11 Å². The monoisotopic (exact) mass is 271 g/mol. The Kier molecular flexibility index (Phi) is 6.78. The molecule has 1 fully saturated rings. The molecule has 0 amide bonds. The van der Waals surface area contributed by atoms with E-state index in [0.29, 0.717) is 24.2 Å². The maximum absolute atomic E-state index is 6.23. The van der Waals surface area contributed by atoms with E-state index in [2.05, 4.69) is 39.9 Å². The summed E-state index contributed by atoms with van der Waals surface area (Å²) < 4.78 is 11.4. The van der Waals surface area contributed by atoms with Crippen LogP contribution < -0.4 is 5.32 Å². The Morgan fingerprint density at radius 2 is 1.95 bits per heavy atom. The molecule has 3 nitrogen and oxygen atoms in total. The van der Waals surface area contributed by atoms with Crippen LogP contribution in [0.5, 0.6) is 0 Å². The van der Waals surface area contributed by atoms with E-state index in [1.165, 1.54) is 12.8 Å². The van der Waals surface area contributed by atoms with Crippen molar-refractivity contribution in [2.24, 2.45) is 11.3 Å². The molecule has 0 heterocycles. The largest absolute Gasteiger partial charge is 0.382 e. The lowest BCUT2D eigenvalue weighted by Gasteiger charge is -2.42. The van der Waals surface area contributed by atoms with E-state index in [1.807, 2.05) is 0 Å². The van der Waals surface area contributed by atoms with Crippen molar-refractivity contribution < 1.29 is 9.47 Å². The van der Waals surface area contributed by atoms with Crippen LogP contribution in [0.2, 0.25) is 0 Å². The lowest BCUT2D eigenvalue weighted by molar-refractivity contribution is -0.0826. The predicted octanol–water partition coefficient (Wildman–Crippen LogP) is 3.23. The van der Waals surface area contributed by atoms with Gasteiger partial charge in [0.15, 0.2) is 0 Å². The van der Waals surface area contributed by atoms with Crippen LogP contribution in [-0.4, -0.2) is 38.5 Å². The van der Waals surface area contributed by atoms with Gasteiger partial charge in [-0.05, 0) is 44.1 Å². The van der Waals surface area contributed by atoms with Crippen LogP contribution in [0.4, 0.5) is 0 Å². The quantitative estimate of drug-likeness (QED) is 0.804. The highest BCUT2D eigenvalue weighted by Gasteiger charge is 2.36. The summed E-state index contributed by atoms with van der Waals surface area (Å²) in [6, 6.07) is 0.503. The zero-order valence-corrected chi connectivity index (χ0v) is 13.7. The number of nitrogens with one attached hydrogen (secondary N) is 1. The van der Waals surface area contributed by atoms with Crippen molar-refractivity contribution in [1.29, 1.82) is 0 Å². The second-order valence-electron chi connectivity index (χ2n) is 6.98. The molecule has 0 saturated heterocycles. The Bertz CT molecular complexity index is 250. The van der Waals surface area contributed by atoms with Gasteiger partial charge in [-0.2, -0.15) is 0 Å². The second kappa shape index (κ2) is 7.61. The van der Waals surface area contributed by atoms with E-state index >= 15 is 0 Å². The number of rotatable bonds is 6. The molecule has 3 heteroatoms. The lowest BCUT2D eigenvalue weighted by atomic mass is 9.70. The zero-order chi connectivity index (χ0) is 14.5. The van der Waals surface area contributed by atoms with Crippen LogP contribution in [0.15, 0.2) is 0 Å². The predicted molar refractivity (Wildman–Crippen MR) is 80.5 cm³/mol. The molecule has 1 N–H and O–H groups in total. The maximum Gasteiger partial charge on any atom is 0.0784 e. The molecule has 4 unspecified atom stereocenters. The first-order valence-electron chi connectivity index (χ1n) is 7.76. The SMILES string of the molecule is CCNC1CCC(C(C)(C)C)CC1OC(C)COC. The highest BCUT2D eigenvalue weighted by Crippen LogP contribution is 2.39. The van der Waals surface area contributed by atoms with E-state index in [0.717, 1.165) is 18.9 Å². The number of hydrogen-bond acceptors (Lipinski definition) is 3. The molecule has 1 aliphatic carbocycles. The van der Waals surface area contributed by atoms with Gasteiger partial charge in [-0.1, -0.05) is 27.7 Å². The van der Waals surface area contributed by atoms with Gasteiger partial charge in [0.05, 0.1) is 18.8 Å². The minimum Gasteiger partial charge on any atom is -0.382 e. The molecule has 1 saturated carbocycles. The van der Waals surface area contributed by atoms with Crippen LogP contribution in [-0.2, 0) is 9.47 Å². The van der Waals surface area contributed by atoms with Crippen LogP contribution in [0.1, 0.15) is 53.9 Å². The standard InChI is InChI=1S/C16H33NO2/c1-7-17-14-9-8-13(16(3,4)5)10-15(14)19-12(2)11-18-6/h12-15,17H,7-11H2,1-6H3. The van der Waals surface area contributed by atoms with Crippen molar-refractivity contribution in [2.75, 3.05) is 20.3 Å². The van der Waals surface area contributed by atoms with Gasteiger partial charge in [-0.3, -0.25) is 0 Å². The van der Waals surface area contributed by atoms with Crippen LogP contribution in [0.25, 0.3) is 0 Å². The summed E-state index contributed by atoms with van der Waals surface area (Å²) in [5.41, 5.74) is 0.378. The Balaban J connectivity index is 2.62. The summed E-state index contributed by atoms with van der Waals surface area (Å²) in [5, 5.41) is 3.59. The molecular formula is C16H33NO2. The molecule has 1 aliphatic rings. The molecule has 0 aromatic carbocycles. The summed E-state index contributed by atoms with van der Waals surface area (Å²) in [7, 11) is 1.74. The molecule has 0 aliphatic heterocycles. The maximum atomic E-state index is 6.23. The normalized spacial score (nSPS) is 30.3. The fraction of sp³-hybridized carbons (Fsp3) is 1.00. The van der Waals surface area contributed by atoms with Gasteiger partial charge in [0.25, 0.3) is 0 Å². The minimum atomic E-state index is 0.176. The number of methoxy groups -OCH3 is 1. The van der Waals surface area contributed by atoms with Gasteiger partial charge in [0, 0.05) is 13.2 Å². The second-order valence-corrected chi connectivity index (χ2v) is 6.98. The smallest absolute Gasteiger partial charge is 0.0784 e. The summed E-state index contributed by atoms with van der Waals surface area (Å²) in [6.45, 7) is 13.0. The van der Waals surface area contributed by atoms with Crippen molar-refractivity contribution in [3.8, 4) is 0 Å². The first-order chi connectivity index (χ1) is 8.88. The fourth-order valence-electron chi connectivity index (χ4n) is 3.13. The van der Waals surface area contributed by atoms with E-state index in [9.17, 15) is 0 Å². The highest BCUT2D eigenvalue weighted by molar-refractivity contribution is 4.90. The number of hydrogen-bond donors (Lipinski definition) is 1. The molecule has 0 aromatic heterocycles. The first-order valence-corrected chi connectivity index (χ1v) is 7.76. The van der Waals surface area contributed by atoms with Gasteiger partial charge in [-0.15, -0.1) is 0 Å². The van der Waals surface area contributed by atoms with Crippen LogP contribution in [0.3, 0.4) is 0 Å². The molecule has 19 heavy (non-hydrogen) atoms. The molecule has 114 valence electrons. The van der Waals surface area contributed by atoms with Crippen molar-refractivity contribution in [1.82, 2.24) is 5.32 Å². The molecular weight excluding hydrogens is 238 g/mol. The lowest BCUT2D eigenvalue weighted by Crippen LogP contribution is -2.48. The van der Waals surface area contributed by atoms with Gasteiger partial charge in [0.1, 0.15) is 0 Å². The van der Waals surface area contributed by atoms with Crippen molar-refractivity contribution in [3.63, 3.8) is 0 Å². The highest BCUT2D eigenvalue weighted by atomic mass is 16.5. The van der Waals surface area contributed by atoms with Crippen LogP contribution >= 0.6 is 0 Å². The Labute approximate surface area is 119 Å². The summed E-state index contributed by atoms with van der Waals surface area (Å²) >= 11 is 0. The average molecular weight is 271 g/mol. The molecule has 1 rings (SSSR count). The van der Waals surface area contributed by atoms with Gasteiger partial charge in [0.2, 0.25) is 0 Å². The van der Waals surface area contributed by atoms with Crippen LogP contribution in [0, 0.1) is 11.3 Å². The Morgan fingerprint density at radius 3 is 2.47 bits per heavy atom. The summed E-state index contributed by atoms with van der Waals surface area (Å²) in [6.07, 6.45) is 4.19. The first kappa shape index (κ1) is 16.9. The third-order valence-corrected chi connectivity index (χ3v) is 4.29. The minimum absolute atomic E-state index is 0.176. The van der Waals surface area contributed by atoms with Gasteiger partial charge < -0.3 is 14.8 Å². The van der Waals surface area contributed by atoms with E-state index < -0.39 is 0 Å². The summed E-state index contributed by atoms with van der Waals surface area (Å²) in [5.74, 6) is 0.752. The number of ether oxygens (including phenoxy) is 2. The molecule has 4 atom stereocenters. The number of likely N-dealkylation sites (N-methyl/N-ethyl adjacent to an activating group) is 1. The fourth-order valence-corrected chi connectivity index (χ4v) is 3.13. The third kappa shape index (κ3) is 5.41. The molecule has 0 spiro atoms. The van der Waals surface area contributed by atoms with E-state index in [-0.39, 0.29) is 6.10 Å². The van der Waals surface area contributed by atoms with E-state index in [4.69, 9.17) is 9.47 Å². The van der Waals surface area contributed by atoms with Crippen molar-refractivity contribution >= 4 is 0 Å². The zero-order valence-electron chi connectivity index (χ0n) is 13.7. The van der Waals surface area contributed by atoms with Gasteiger partial charge >= 0.3 is 0 Å². The topological polar surface area (TPSA) is 30.5 Å². The van der Waals surface area contributed by atoms with Gasteiger partial charge in [-0.25, -0.2) is 0 Å². The molecule has 0 bridgehead atoms. The average Bonchev–Trinajstić information content (AvgIpc) is 2.30. The Hall–Kier alpha value is -0.120. The van der Waals surface area contributed by atoms with Crippen molar-refractivity contribution in [3.05, 3.63) is 0 Å². The molecule has 0 aromatic rings. The molecule has 0 radical (unpaired) electrons.